The third kappa shape index (κ3) is 2.41. The molecule has 1 heterocycles. The van der Waals surface area contributed by atoms with Crippen molar-refractivity contribution in [1.29, 1.82) is 0 Å². The van der Waals surface area contributed by atoms with Crippen molar-refractivity contribution in [2.75, 3.05) is 19.6 Å². The van der Waals surface area contributed by atoms with Gasteiger partial charge in [0, 0.05) is 22.9 Å². The van der Waals surface area contributed by atoms with E-state index in [-0.39, 0.29) is 10.9 Å². The van der Waals surface area contributed by atoms with Gasteiger partial charge < -0.3 is 4.74 Å². The summed E-state index contributed by atoms with van der Waals surface area (Å²) in [7, 11) is 1.58. The number of ether oxygens (including phenoxy) is 1. The van der Waals surface area contributed by atoms with Crippen LogP contribution in [0.4, 0.5) is 0 Å². The Labute approximate surface area is 89.0 Å². The zero-order valence-electron chi connectivity index (χ0n) is 9.53. The topological polar surface area (TPSA) is 22.1 Å². The van der Waals surface area contributed by atoms with Crippen LogP contribution in [-0.2, 0) is 0 Å². The van der Waals surface area contributed by atoms with Gasteiger partial charge in [0.2, 0.25) is 0 Å². The van der Waals surface area contributed by atoms with Gasteiger partial charge in [-0.2, -0.15) is 0 Å². The molecule has 0 spiro atoms. The Hall–Kier alpha value is -0.700. The molecule has 3 heteroatoms. The van der Waals surface area contributed by atoms with Gasteiger partial charge in [-0.15, -0.1) is 0 Å². The molecule has 0 atom stereocenters. The molecular formula is C11H19NOS. The van der Waals surface area contributed by atoms with Crippen molar-refractivity contribution in [3.8, 4) is 5.75 Å². The number of aromatic nitrogens is 1. The Morgan fingerprint density at radius 1 is 1.36 bits per heavy atom. The summed E-state index contributed by atoms with van der Waals surface area (Å²) >= 11 is 0. The van der Waals surface area contributed by atoms with Crippen LogP contribution in [0.15, 0.2) is 17.2 Å². The number of nitrogens with zero attached hydrogens (tertiary/aromatic N) is 1. The summed E-state index contributed by atoms with van der Waals surface area (Å²) in [5.41, 5.74) is 1.10. The highest BCUT2D eigenvalue weighted by Crippen LogP contribution is 2.36. The normalized spacial score (nSPS) is 11.7. The highest BCUT2D eigenvalue weighted by molar-refractivity contribution is 8.16. The van der Waals surface area contributed by atoms with Crippen molar-refractivity contribution >= 4 is 10.9 Å². The molecule has 1 rings (SSSR count). The Bertz CT molecular complexity index is 310. The largest absolute Gasteiger partial charge is 0.496 e. The van der Waals surface area contributed by atoms with E-state index in [1.165, 1.54) is 4.90 Å². The first-order valence-corrected chi connectivity index (χ1v) is 7.01. The molecule has 0 aliphatic carbocycles. The van der Waals surface area contributed by atoms with Crippen LogP contribution in [0.5, 0.6) is 5.75 Å². The van der Waals surface area contributed by atoms with E-state index in [2.05, 4.69) is 37.4 Å². The summed E-state index contributed by atoms with van der Waals surface area (Å²) in [6.07, 6.45) is 6.38. The fraction of sp³-hybridized carbons (Fsp3) is 0.545. The minimum atomic E-state index is -0.141. The summed E-state index contributed by atoms with van der Waals surface area (Å²) in [6, 6.07) is 2.06. The smallest absolute Gasteiger partial charge is 0.134 e. The second-order valence-corrected chi connectivity index (χ2v) is 6.10. The number of rotatable bonds is 3. The summed E-state index contributed by atoms with van der Waals surface area (Å²) in [5.74, 6) is 1.44. The van der Waals surface area contributed by atoms with E-state index < -0.39 is 0 Å². The molecule has 0 fully saturated rings. The Morgan fingerprint density at radius 2 is 2.00 bits per heavy atom. The molecule has 0 amide bonds. The van der Waals surface area contributed by atoms with Crippen LogP contribution < -0.4 is 4.74 Å². The van der Waals surface area contributed by atoms with Crippen LogP contribution in [0.25, 0.3) is 0 Å². The molecule has 0 unspecified atom stereocenters. The lowest BCUT2D eigenvalue weighted by molar-refractivity contribution is 0.402. The molecule has 0 bridgehead atoms. The predicted molar refractivity (Wildman–Crippen MR) is 64.0 cm³/mol. The highest BCUT2D eigenvalue weighted by atomic mass is 32.2. The number of pyridine rings is 1. The molecule has 2 nitrogen and oxygen atoms in total. The minimum absolute atomic E-state index is 0.141. The molecule has 0 N–H and O–H groups in total. The maximum absolute atomic E-state index is 5.37. The summed E-state index contributed by atoms with van der Waals surface area (Å²) < 4.78 is 5.37. The SMILES string of the molecule is COc1cc(C(C)C)ncc1[SH](C)C. The van der Waals surface area contributed by atoms with Crippen LogP contribution in [0.3, 0.4) is 0 Å². The van der Waals surface area contributed by atoms with E-state index in [1.807, 2.05) is 6.20 Å². The van der Waals surface area contributed by atoms with Gasteiger partial charge >= 0.3 is 0 Å². The van der Waals surface area contributed by atoms with Crippen molar-refractivity contribution in [3.05, 3.63) is 18.0 Å². The first-order chi connectivity index (χ1) is 6.56. The Kier molecular flexibility index (Phi) is 3.81. The molecule has 0 saturated carbocycles. The van der Waals surface area contributed by atoms with Crippen molar-refractivity contribution in [2.24, 2.45) is 0 Å². The second kappa shape index (κ2) is 4.69. The molecule has 0 aliphatic rings. The summed E-state index contributed by atoms with van der Waals surface area (Å²) in [4.78, 5) is 5.69. The molecule has 0 radical (unpaired) electrons. The number of hydrogen-bond donors (Lipinski definition) is 1. The van der Waals surface area contributed by atoms with Gasteiger partial charge in [0.1, 0.15) is 5.75 Å². The molecule has 80 valence electrons. The van der Waals surface area contributed by atoms with Gasteiger partial charge in [0.15, 0.2) is 0 Å². The fourth-order valence-corrected chi connectivity index (χ4v) is 2.15. The standard InChI is InChI=1S/C11H19NOS/c1-8(2)9-6-10(13-3)11(7-12-9)14(4)5/h6-8,14H,1-5H3. The lowest BCUT2D eigenvalue weighted by Gasteiger charge is -2.15. The van der Waals surface area contributed by atoms with Gasteiger partial charge in [-0.25, -0.2) is 10.9 Å². The average Bonchev–Trinajstić information content (AvgIpc) is 2.16. The average molecular weight is 213 g/mol. The number of thiol groups is 1. The van der Waals surface area contributed by atoms with Crippen molar-refractivity contribution in [2.45, 2.75) is 24.7 Å². The summed E-state index contributed by atoms with van der Waals surface area (Å²) in [5, 5.41) is 0. The third-order valence-electron chi connectivity index (χ3n) is 2.16. The van der Waals surface area contributed by atoms with Crippen LogP contribution >= 0.6 is 10.9 Å². The van der Waals surface area contributed by atoms with Gasteiger partial charge in [-0.1, -0.05) is 13.8 Å². The van der Waals surface area contributed by atoms with E-state index in [1.54, 1.807) is 7.11 Å². The predicted octanol–water partition coefficient (Wildman–Crippen LogP) is 2.83. The van der Waals surface area contributed by atoms with Gasteiger partial charge in [0.25, 0.3) is 0 Å². The van der Waals surface area contributed by atoms with Crippen molar-refractivity contribution < 1.29 is 4.74 Å². The fourth-order valence-electron chi connectivity index (χ4n) is 1.26. The van der Waals surface area contributed by atoms with Gasteiger partial charge in [0.05, 0.1) is 7.11 Å². The maximum Gasteiger partial charge on any atom is 0.134 e. The molecule has 1 aromatic rings. The zero-order valence-corrected chi connectivity index (χ0v) is 10.4. The molecule has 0 saturated heterocycles. The lowest BCUT2D eigenvalue weighted by Crippen LogP contribution is -1.96. The number of hydrogen-bond acceptors (Lipinski definition) is 2. The van der Waals surface area contributed by atoms with E-state index >= 15 is 0 Å². The lowest BCUT2D eigenvalue weighted by atomic mass is 10.1. The highest BCUT2D eigenvalue weighted by Gasteiger charge is 2.08. The molecule has 0 aromatic carbocycles. The van der Waals surface area contributed by atoms with Crippen molar-refractivity contribution in [1.82, 2.24) is 4.98 Å². The molecule has 0 aliphatic heterocycles. The van der Waals surface area contributed by atoms with E-state index in [0.717, 1.165) is 11.4 Å². The Morgan fingerprint density at radius 3 is 2.43 bits per heavy atom. The second-order valence-electron chi connectivity index (χ2n) is 3.83. The first kappa shape index (κ1) is 11.4. The van der Waals surface area contributed by atoms with Gasteiger partial charge in [-0.3, -0.25) is 4.98 Å². The third-order valence-corrected chi connectivity index (χ3v) is 3.46. The molecule has 14 heavy (non-hydrogen) atoms. The first-order valence-electron chi connectivity index (χ1n) is 4.77. The van der Waals surface area contributed by atoms with E-state index in [9.17, 15) is 0 Å². The van der Waals surface area contributed by atoms with Gasteiger partial charge in [-0.05, 0) is 18.4 Å². The quantitative estimate of drug-likeness (QED) is 0.780. The zero-order chi connectivity index (χ0) is 10.7. The molecular weight excluding hydrogens is 194 g/mol. The van der Waals surface area contributed by atoms with E-state index in [4.69, 9.17) is 4.74 Å². The monoisotopic (exact) mass is 213 g/mol. The minimum Gasteiger partial charge on any atom is -0.496 e. The van der Waals surface area contributed by atoms with Crippen molar-refractivity contribution in [3.63, 3.8) is 0 Å². The van der Waals surface area contributed by atoms with Crippen LogP contribution in [0.2, 0.25) is 0 Å². The van der Waals surface area contributed by atoms with E-state index in [0.29, 0.717) is 5.92 Å². The number of methoxy groups -OCH3 is 1. The van der Waals surface area contributed by atoms with Crippen LogP contribution in [-0.4, -0.2) is 24.6 Å². The molecule has 1 aromatic heterocycles. The van der Waals surface area contributed by atoms with Crippen LogP contribution in [0.1, 0.15) is 25.5 Å². The maximum atomic E-state index is 5.37. The Balaban J connectivity index is 3.11. The summed E-state index contributed by atoms with van der Waals surface area (Å²) in [6.45, 7) is 4.28. The van der Waals surface area contributed by atoms with Crippen LogP contribution in [0, 0.1) is 0 Å².